The van der Waals surface area contributed by atoms with Crippen molar-refractivity contribution in [3.63, 3.8) is 0 Å². The lowest BCUT2D eigenvalue weighted by molar-refractivity contribution is -0.119. The number of H-pyrrole nitrogens is 1. The van der Waals surface area contributed by atoms with Gasteiger partial charge in [-0.05, 0) is 25.1 Å². The second-order valence-electron chi connectivity index (χ2n) is 4.43. The van der Waals surface area contributed by atoms with E-state index in [-0.39, 0.29) is 11.8 Å². The first-order valence-corrected chi connectivity index (χ1v) is 5.92. The molecule has 17 heavy (non-hydrogen) atoms. The van der Waals surface area contributed by atoms with E-state index in [1.807, 2.05) is 30.5 Å². The highest BCUT2D eigenvalue weighted by Crippen LogP contribution is 2.22. The van der Waals surface area contributed by atoms with Crippen molar-refractivity contribution in [1.29, 1.82) is 0 Å². The normalized spacial score (nSPS) is 19.6. The number of amides is 1. The van der Waals surface area contributed by atoms with Gasteiger partial charge in [0.25, 0.3) is 0 Å². The number of carbonyl (C=O) groups is 1. The van der Waals surface area contributed by atoms with Gasteiger partial charge in [0.15, 0.2) is 0 Å². The van der Waals surface area contributed by atoms with Crippen LogP contribution in [0.4, 0.5) is 5.69 Å². The maximum Gasteiger partial charge on any atom is 0.228 e. The molecule has 1 atom stereocenters. The molecule has 1 aromatic heterocycles. The summed E-state index contributed by atoms with van der Waals surface area (Å²) in [5, 5.41) is 7.32. The van der Waals surface area contributed by atoms with Gasteiger partial charge in [-0.25, -0.2) is 0 Å². The number of rotatable bonds is 2. The molecule has 1 amide bonds. The van der Waals surface area contributed by atoms with Crippen molar-refractivity contribution >= 4 is 22.5 Å². The lowest BCUT2D eigenvalue weighted by Crippen LogP contribution is -2.24. The molecular weight excluding hydrogens is 214 g/mol. The Labute approximate surface area is 99.4 Å². The Morgan fingerprint density at radius 3 is 3.12 bits per heavy atom. The second kappa shape index (κ2) is 4.22. The molecule has 3 rings (SSSR count). The molecule has 3 N–H and O–H groups in total. The molecule has 1 aliphatic heterocycles. The average Bonchev–Trinajstić information content (AvgIpc) is 3.00. The van der Waals surface area contributed by atoms with Crippen LogP contribution in [0.25, 0.3) is 10.9 Å². The zero-order valence-electron chi connectivity index (χ0n) is 9.49. The van der Waals surface area contributed by atoms with Crippen LogP contribution in [0.3, 0.4) is 0 Å². The third-order valence-corrected chi connectivity index (χ3v) is 3.28. The summed E-state index contributed by atoms with van der Waals surface area (Å²) in [4.78, 5) is 15.2. The van der Waals surface area contributed by atoms with E-state index in [0.29, 0.717) is 0 Å². The summed E-state index contributed by atoms with van der Waals surface area (Å²) in [6, 6.07) is 7.92. The first kappa shape index (κ1) is 10.4. The molecule has 0 aliphatic carbocycles. The Kier molecular flexibility index (Phi) is 2.57. The Morgan fingerprint density at radius 1 is 1.35 bits per heavy atom. The SMILES string of the molecule is O=C(Nc1cccc2cc[nH]c12)C1CCNC1. The number of aromatic amines is 1. The molecular formula is C13H15N3O. The molecule has 1 aliphatic rings. The summed E-state index contributed by atoms with van der Waals surface area (Å²) in [6.07, 6.45) is 2.81. The number of carbonyl (C=O) groups excluding carboxylic acids is 1. The van der Waals surface area contributed by atoms with Gasteiger partial charge in [-0.15, -0.1) is 0 Å². The number of para-hydroxylation sites is 1. The molecule has 1 saturated heterocycles. The van der Waals surface area contributed by atoms with Crippen LogP contribution in [0.5, 0.6) is 0 Å². The van der Waals surface area contributed by atoms with Gasteiger partial charge < -0.3 is 15.6 Å². The minimum Gasteiger partial charge on any atom is -0.359 e. The van der Waals surface area contributed by atoms with E-state index in [1.165, 1.54) is 0 Å². The van der Waals surface area contributed by atoms with Crippen LogP contribution in [0.15, 0.2) is 30.5 Å². The van der Waals surface area contributed by atoms with Gasteiger partial charge in [0, 0.05) is 18.1 Å². The van der Waals surface area contributed by atoms with Gasteiger partial charge in [-0.1, -0.05) is 12.1 Å². The maximum absolute atomic E-state index is 12.0. The molecule has 2 aromatic rings. The molecule has 1 unspecified atom stereocenters. The fraction of sp³-hybridized carbons (Fsp3) is 0.308. The smallest absolute Gasteiger partial charge is 0.228 e. The minimum absolute atomic E-state index is 0.0974. The third-order valence-electron chi connectivity index (χ3n) is 3.28. The molecule has 4 heteroatoms. The molecule has 88 valence electrons. The first-order valence-electron chi connectivity index (χ1n) is 5.92. The van der Waals surface area contributed by atoms with E-state index in [2.05, 4.69) is 15.6 Å². The fourth-order valence-corrected chi connectivity index (χ4v) is 2.30. The zero-order valence-corrected chi connectivity index (χ0v) is 9.49. The Morgan fingerprint density at radius 2 is 2.29 bits per heavy atom. The Bertz CT molecular complexity index is 540. The number of anilines is 1. The molecule has 1 fully saturated rings. The number of fused-ring (bicyclic) bond motifs is 1. The molecule has 4 nitrogen and oxygen atoms in total. The van der Waals surface area contributed by atoms with Crippen LogP contribution in [0.1, 0.15) is 6.42 Å². The minimum atomic E-state index is 0.0974. The molecule has 0 bridgehead atoms. The highest BCUT2D eigenvalue weighted by Gasteiger charge is 2.22. The van der Waals surface area contributed by atoms with Crippen molar-refractivity contribution in [2.45, 2.75) is 6.42 Å². The van der Waals surface area contributed by atoms with E-state index >= 15 is 0 Å². The maximum atomic E-state index is 12.0. The van der Waals surface area contributed by atoms with Crippen LogP contribution >= 0.6 is 0 Å². The largest absolute Gasteiger partial charge is 0.359 e. The van der Waals surface area contributed by atoms with E-state index in [9.17, 15) is 4.79 Å². The number of aromatic nitrogens is 1. The molecule has 0 saturated carbocycles. The quantitative estimate of drug-likeness (QED) is 0.734. The van der Waals surface area contributed by atoms with Crippen molar-refractivity contribution in [2.75, 3.05) is 18.4 Å². The molecule has 1 aromatic carbocycles. The summed E-state index contributed by atoms with van der Waals surface area (Å²) < 4.78 is 0. The van der Waals surface area contributed by atoms with Crippen LogP contribution in [-0.2, 0) is 4.79 Å². The predicted octanol–water partition coefficient (Wildman–Crippen LogP) is 1.72. The third kappa shape index (κ3) is 1.91. The van der Waals surface area contributed by atoms with E-state index in [4.69, 9.17) is 0 Å². The van der Waals surface area contributed by atoms with E-state index in [0.717, 1.165) is 36.1 Å². The Balaban J connectivity index is 1.84. The summed E-state index contributed by atoms with van der Waals surface area (Å²) in [6.45, 7) is 1.72. The van der Waals surface area contributed by atoms with Crippen LogP contribution in [-0.4, -0.2) is 24.0 Å². The van der Waals surface area contributed by atoms with Crippen molar-refractivity contribution < 1.29 is 4.79 Å². The van der Waals surface area contributed by atoms with Crippen LogP contribution in [0.2, 0.25) is 0 Å². The summed E-state index contributed by atoms with van der Waals surface area (Å²) in [7, 11) is 0. The summed E-state index contributed by atoms with van der Waals surface area (Å²) in [5.41, 5.74) is 1.86. The van der Waals surface area contributed by atoms with E-state index < -0.39 is 0 Å². The monoisotopic (exact) mass is 229 g/mol. The topological polar surface area (TPSA) is 56.9 Å². The highest BCUT2D eigenvalue weighted by atomic mass is 16.1. The lowest BCUT2D eigenvalue weighted by Gasteiger charge is -2.10. The molecule has 0 spiro atoms. The van der Waals surface area contributed by atoms with Gasteiger partial charge in [-0.2, -0.15) is 0 Å². The van der Waals surface area contributed by atoms with E-state index in [1.54, 1.807) is 0 Å². The lowest BCUT2D eigenvalue weighted by atomic mass is 10.1. The predicted molar refractivity (Wildman–Crippen MR) is 67.9 cm³/mol. The van der Waals surface area contributed by atoms with Crippen molar-refractivity contribution in [3.8, 4) is 0 Å². The van der Waals surface area contributed by atoms with Crippen LogP contribution in [0, 0.1) is 5.92 Å². The van der Waals surface area contributed by atoms with Crippen molar-refractivity contribution in [1.82, 2.24) is 10.3 Å². The van der Waals surface area contributed by atoms with Gasteiger partial charge in [-0.3, -0.25) is 4.79 Å². The fourth-order valence-electron chi connectivity index (χ4n) is 2.30. The van der Waals surface area contributed by atoms with Crippen molar-refractivity contribution in [2.24, 2.45) is 5.92 Å². The molecule has 0 radical (unpaired) electrons. The van der Waals surface area contributed by atoms with Gasteiger partial charge >= 0.3 is 0 Å². The van der Waals surface area contributed by atoms with Gasteiger partial charge in [0.2, 0.25) is 5.91 Å². The average molecular weight is 229 g/mol. The second-order valence-corrected chi connectivity index (χ2v) is 4.43. The highest BCUT2D eigenvalue weighted by molar-refractivity contribution is 6.01. The van der Waals surface area contributed by atoms with Gasteiger partial charge in [0.05, 0.1) is 17.1 Å². The number of nitrogens with one attached hydrogen (secondary N) is 3. The number of benzene rings is 1. The zero-order chi connectivity index (χ0) is 11.7. The molecule has 2 heterocycles. The summed E-state index contributed by atoms with van der Waals surface area (Å²) in [5.74, 6) is 0.206. The van der Waals surface area contributed by atoms with Gasteiger partial charge in [0.1, 0.15) is 0 Å². The standard InChI is InChI=1S/C13H15N3O/c17-13(10-4-6-14-8-10)16-11-3-1-2-9-5-7-15-12(9)11/h1-3,5,7,10,14-15H,4,6,8H2,(H,16,17). The number of hydrogen-bond donors (Lipinski definition) is 3. The first-order chi connectivity index (χ1) is 8.34. The Hall–Kier alpha value is -1.81. The van der Waals surface area contributed by atoms with Crippen LogP contribution < -0.4 is 10.6 Å². The summed E-state index contributed by atoms with van der Waals surface area (Å²) >= 11 is 0. The van der Waals surface area contributed by atoms with Crippen molar-refractivity contribution in [3.05, 3.63) is 30.5 Å². The number of hydrogen-bond acceptors (Lipinski definition) is 2.